The molecule has 304 valence electrons. The first-order valence-electron chi connectivity index (χ1n) is 20.4. The van der Waals surface area contributed by atoms with Crippen LogP contribution in [0, 0.1) is 28.9 Å². The second kappa shape index (κ2) is 15.3. The largest absolute Gasteiger partial charge is 0.453 e. The molecule has 0 aromatic heterocycles. The number of sulfonamides is 1. The minimum atomic E-state index is -3.92. The van der Waals surface area contributed by atoms with Crippen LogP contribution < -0.4 is 10.2 Å². The van der Waals surface area contributed by atoms with Crippen LogP contribution in [-0.2, 0) is 25.0 Å². The number of fused-ring (bicyclic) bond motifs is 2. The predicted molar refractivity (Wildman–Crippen MR) is 210 cm³/mol. The Labute approximate surface area is 330 Å². The van der Waals surface area contributed by atoms with Gasteiger partial charge in [-0.1, -0.05) is 32.1 Å². The van der Waals surface area contributed by atoms with E-state index in [-0.39, 0.29) is 58.0 Å². The molecule has 6 aliphatic rings. The maximum atomic E-state index is 15.7. The van der Waals surface area contributed by atoms with Crippen molar-refractivity contribution in [2.24, 2.45) is 17.3 Å². The van der Waals surface area contributed by atoms with Gasteiger partial charge in [-0.2, -0.15) is 4.31 Å². The van der Waals surface area contributed by atoms with Gasteiger partial charge in [0.15, 0.2) is 0 Å². The van der Waals surface area contributed by atoms with Crippen molar-refractivity contribution in [2.75, 3.05) is 77.5 Å². The lowest BCUT2D eigenvalue weighted by atomic mass is 9.57. The van der Waals surface area contributed by atoms with E-state index in [4.69, 9.17) is 4.74 Å². The summed E-state index contributed by atoms with van der Waals surface area (Å²) in [4.78, 5) is 33.3. The van der Waals surface area contributed by atoms with Crippen molar-refractivity contribution in [2.45, 2.75) is 80.3 Å². The van der Waals surface area contributed by atoms with Crippen molar-refractivity contribution in [3.05, 3.63) is 72.3 Å². The summed E-state index contributed by atoms with van der Waals surface area (Å²) < 4.78 is 64.4. The van der Waals surface area contributed by atoms with Gasteiger partial charge in [-0.3, -0.25) is 4.79 Å². The number of alkyl carbamates (subject to hydrolysis) is 1. The molecule has 1 unspecified atom stereocenters. The highest BCUT2D eigenvalue weighted by molar-refractivity contribution is 7.89. The van der Waals surface area contributed by atoms with E-state index in [1.54, 1.807) is 17.0 Å². The molecule has 2 aromatic rings. The number of amides is 2. The zero-order valence-electron chi connectivity index (χ0n) is 32.7. The minimum absolute atomic E-state index is 0.0462. The minimum Gasteiger partial charge on any atom is -0.453 e. The molecule has 2 amide bonds. The number of hydrogen-bond donors (Lipinski definition) is 1. The van der Waals surface area contributed by atoms with Crippen LogP contribution >= 0.6 is 0 Å². The summed E-state index contributed by atoms with van der Waals surface area (Å²) in [7, 11) is -2.52. The van der Waals surface area contributed by atoms with Crippen molar-refractivity contribution >= 4 is 27.7 Å². The van der Waals surface area contributed by atoms with E-state index >= 15 is 8.78 Å². The van der Waals surface area contributed by atoms with Gasteiger partial charge >= 0.3 is 6.09 Å². The van der Waals surface area contributed by atoms with Crippen LogP contribution in [0.15, 0.2) is 60.0 Å². The third-order valence-corrected chi connectivity index (χ3v) is 16.0. The van der Waals surface area contributed by atoms with Crippen molar-refractivity contribution in [3.63, 3.8) is 0 Å². The fraction of sp³-hybridized carbons (Fsp3) is 0.619. The number of piperazine rings is 1. The summed E-state index contributed by atoms with van der Waals surface area (Å²) in [6.07, 6.45) is 7.33. The summed E-state index contributed by atoms with van der Waals surface area (Å²) in [5.41, 5.74) is 1.05. The number of anilines is 1. The van der Waals surface area contributed by atoms with E-state index in [9.17, 15) is 18.0 Å². The summed E-state index contributed by atoms with van der Waals surface area (Å²) in [5.74, 6) is -0.528. The van der Waals surface area contributed by atoms with Crippen molar-refractivity contribution in [1.29, 1.82) is 0 Å². The molecule has 5 aliphatic heterocycles. The Morgan fingerprint density at radius 2 is 1.75 bits per heavy atom. The molecule has 6 fully saturated rings. The summed E-state index contributed by atoms with van der Waals surface area (Å²) in [6.45, 7) is 13.2. The summed E-state index contributed by atoms with van der Waals surface area (Å²) >= 11 is 0. The number of piperidine rings is 1. The van der Waals surface area contributed by atoms with E-state index in [1.165, 1.54) is 29.6 Å². The van der Waals surface area contributed by atoms with Crippen LogP contribution in [0.1, 0.15) is 57.4 Å². The fourth-order valence-corrected chi connectivity index (χ4v) is 13.1. The van der Waals surface area contributed by atoms with E-state index in [2.05, 4.69) is 34.7 Å². The van der Waals surface area contributed by atoms with Crippen molar-refractivity contribution in [1.82, 2.24) is 24.3 Å². The van der Waals surface area contributed by atoms with Crippen molar-refractivity contribution in [3.8, 4) is 0 Å². The van der Waals surface area contributed by atoms with Crippen LogP contribution in [-0.4, -0.2) is 130 Å². The molecule has 0 spiro atoms. The lowest BCUT2D eigenvalue weighted by Crippen LogP contribution is -2.62. The van der Waals surface area contributed by atoms with E-state index in [0.717, 1.165) is 89.4 Å². The van der Waals surface area contributed by atoms with Crippen LogP contribution in [0.3, 0.4) is 0 Å². The molecule has 5 atom stereocenters. The van der Waals surface area contributed by atoms with Gasteiger partial charge in [0.25, 0.3) is 0 Å². The average Bonchev–Trinajstić information content (AvgIpc) is 3.91. The van der Waals surface area contributed by atoms with E-state index in [1.807, 2.05) is 11.0 Å². The highest BCUT2D eigenvalue weighted by Crippen LogP contribution is 2.52. The van der Waals surface area contributed by atoms with Crippen LogP contribution in [0.4, 0.5) is 19.3 Å². The molecule has 14 heteroatoms. The number of methoxy groups -OCH3 is 1. The molecule has 2 aromatic carbocycles. The Balaban J connectivity index is 0.925. The first-order chi connectivity index (χ1) is 26.8. The molecule has 8 rings (SSSR count). The third kappa shape index (κ3) is 7.13. The maximum absolute atomic E-state index is 15.7. The smallest absolute Gasteiger partial charge is 0.407 e. The normalized spacial score (nSPS) is 28.1. The molecule has 1 saturated carbocycles. The Hall–Kier alpha value is -3.59. The number of benzene rings is 2. The highest BCUT2D eigenvalue weighted by Gasteiger charge is 2.54. The lowest BCUT2D eigenvalue weighted by molar-refractivity contribution is -0.127. The maximum Gasteiger partial charge on any atom is 0.407 e. The van der Waals surface area contributed by atoms with Gasteiger partial charge in [0, 0.05) is 68.2 Å². The average molecular weight is 795 g/mol. The number of rotatable bonds is 12. The number of carbonyl (C=O) groups is 2. The number of carbonyl (C=O) groups excluding carboxylic acids is 2. The van der Waals surface area contributed by atoms with Gasteiger partial charge in [0.2, 0.25) is 15.9 Å². The topological polar surface area (TPSA) is 106 Å². The second-order valence-electron chi connectivity index (χ2n) is 17.6. The Morgan fingerprint density at radius 1 is 0.982 bits per heavy atom. The molecule has 1 N–H and O–H groups in total. The first kappa shape index (κ1) is 39.2. The number of halogens is 2. The van der Waals surface area contributed by atoms with Crippen LogP contribution in [0.5, 0.6) is 0 Å². The zero-order chi connectivity index (χ0) is 39.4. The van der Waals surface area contributed by atoms with Crippen molar-refractivity contribution < 1.29 is 31.5 Å². The number of ether oxygens (including phenoxy) is 1. The van der Waals surface area contributed by atoms with E-state index < -0.39 is 21.9 Å². The Kier molecular flexibility index (Phi) is 10.7. The number of nitrogens with zero attached hydrogens (tertiary/aromatic N) is 5. The van der Waals surface area contributed by atoms with Gasteiger partial charge < -0.3 is 29.7 Å². The number of likely N-dealkylation sites (tertiary alicyclic amines) is 3. The Bertz CT molecular complexity index is 1930. The summed E-state index contributed by atoms with van der Waals surface area (Å²) in [5, 5.41) is 3.17. The standard InChI is InChI=1S/C42H56F2N6O5S/c1-4-39(51)49-23-33-21-32(49)24-50(33)56(53,54)34-12-13-38(36(44)22-34)48-26-41(2,27-48)25-47-18-14-29(15-19-47)42(28-46-16-7-17-46,30-8-5-9-31(43)20-30)35-10-6-11-37(35)45-40(52)55-3/h4-5,8-9,12-13,20,22,29,32-33,35,37H,1,6-7,10-11,14-19,21,23-28H2,2-3H3,(H,45,52)/t32-,33-,35-,37-,42?/m0/s1. The quantitative estimate of drug-likeness (QED) is 0.305. The first-order valence-corrected chi connectivity index (χ1v) is 21.8. The van der Waals surface area contributed by atoms with Crippen LogP contribution in [0.25, 0.3) is 0 Å². The highest BCUT2D eigenvalue weighted by atomic mass is 32.2. The second-order valence-corrected chi connectivity index (χ2v) is 19.5. The molecule has 1 aliphatic carbocycles. The molecule has 0 radical (unpaired) electrons. The van der Waals surface area contributed by atoms with Gasteiger partial charge in [-0.05, 0) is 119 Å². The molecule has 5 heterocycles. The number of hydrogen-bond acceptors (Lipinski definition) is 8. The zero-order valence-corrected chi connectivity index (χ0v) is 33.5. The Morgan fingerprint density at radius 3 is 2.38 bits per heavy atom. The molecule has 2 bridgehead atoms. The monoisotopic (exact) mass is 794 g/mol. The van der Waals surface area contributed by atoms with Crippen LogP contribution in [0.2, 0.25) is 0 Å². The molecular weight excluding hydrogens is 739 g/mol. The third-order valence-electron chi connectivity index (χ3n) is 14.0. The number of nitrogens with one attached hydrogen (secondary N) is 1. The molecule has 11 nitrogen and oxygen atoms in total. The summed E-state index contributed by atoms with van der Waals surface area (Å²) in [6, 6.07) is 10.9. The van der Waals surface area contributed by atoms with Gasteiger partial charge in [-0.15, -0.1) is 0 Å². The SMILES string of the molecule is C=CC(=O)N1C[C@@H]2C[C@H]1CN2S(=O)(=O)c1ccc(N2CC(C)(CN3CCC(C(CN4CCC4)(c4cccc(F)c4)[C@H]4CCC[C@@H]4NC(=O)OC)CC3)C2)c(F)c1. The van der Waals surface area contributed by atoms with Gasteiger partial charge in [0.05, 0.1) is 17.7 Å². The van der Waals surface area contributed by atoms with E-state index in [0.29, 0.717) is 37.7 Å². The molecule has 56 heavy (non-hydrogen) atoms. The molecular formula is C42H56F2N6O5S. The lowest BCUT2D eigenvalue weighted by Gasteiger charge is -2.55. The molecule has 5 saturated heterocycles. The van der Waals surface area contributed by atoms with Gasteiger partial charge in [0.1, 0.15) is 11.6 Å². The fourth-order valence-electron chi connectivity index (χ4n) is 11.4. The predicted octanol–water partition coefficient (Wildman–Crippen LogP) is 4.83. The van der Waals surface area contributed by atoms with Gasteiger partial charge in [-0.25, -0.2) is 22.0 Å².